The van der Waals surface area contributed by atoms with Crippen LogP contribution in [-0.4, -0.2) is 17.0 Å². The summed E-state index contributed by atoms with van der Waals surface area (Å²) in [4.78, 5) is 13.0. The lowest BCUT2D eigenvalue weighted by Crippen LogP contribution is -2.33. The van der Waals surface area contributed by atoms with Crippen molar-refractivity contribution in [3.05, 3.63) is 32.8 Å². The first-order valence-electron chi connectivity index (χ1n) is 5.73. The summed E-state index contributed by atoms with van der Waals surface area (Å²) in [5.41, 5.74) is 0.913. The largest absolute Gasteiger partial charge is 0.361 e. The first-order valence-corrected chi connectivity index (χ1v) is 6.52. The zero-order valence-corrected chi connectivity index (χ0v) is 11.5. The number of halogens is 1. The number of hydrogen-bond donors (Lipinski definition) is 0. The van der Waals surface area contributed by atoms with Gasteiger partial charge in [0.1, 0.15) is 5.69 Å². The van der Waals surface area contributed by atoms with Crippen molar-refractivity contribution in [2.45, 2.75) is 38.8 Å². The number of hydrogen-bond acceptors (Lipinski definition) is 3. The average Bonchev–Trinajstić information content (AvgIpc) is 2.59. The highest BCUT2D eigenvalue weighted by atomic mass is 79.9. The molecule has 0 N–H and O–H groups in total. The van der Waals surface area contributed by atoms with E-state index in [9.17, 15) is 10.1 Å². The molecule has 1 aliphatic rings. The van der Waals surface area contributed by atoms with E-state index in [1.54, 1.807) is 6.07 Å². The van der Waals surface area contributed by atoms with E-state index in [4.69, 9.17) is 0 Å². The molecule has 17 heavy (non-hydrogen) atoms. The molecule has 2 atom stereocenters. The molecule has 92 valence electrons. The van der Waals surface area contributed by atoms with Gasteiger partial charge in [-0.15, -0.1) is 0 Å². The summed E-state index contributed by atoms with van der Waals surface area (Å²) in [5.74, 6) is 0. The Balaban J connectivity index is 2.47. The summed E-state index contributed by atoms with van der Waals surface area (Å²) in [6.07, 6.45) is 2.18. The molecule has 1 aromatic carbocycles. The SMILES string of the molecule is C[C@H]1CC[C@H](C)N1c1ccc(Br)cc1[N+](=O)[O-]. The zero-order valence-electron chi connectivity index (χ0n) is 9.89. The second-order valence-corrected chi connectivity index (χ2v) is 5.49. The summed E-state index contributed by atoms with van der Waals surface area (Å²) >= 11 is 3.28. The molecule has 1 aromatic rings. The smallest absolute Gasteiger partial charge is 0.293 e. The van der Waals surface area contributed by atoms with Crippen molar-refractivity contribution in [2.24, 2.45) is 0 Å². The molecule has 0 bridgehead atoms. The Kier molecular flexibility index (Phi) is 3.38. The van der Waals surface area contributed by atoms with Crippen LogP contribution >= 0.6 is 15.9 Å². The highest BCUT2D eigenvalue weighted by Crippen LogP contribution is 2.37. The van der Waals surface area contributed by atoms with E-state index >= 15 is 0 Å². The van der Waals surface area contributed by atoms with Gasteiger partial charge in [-0.05, 0) is 38.8 Å². The summed E-state index contributed by atoms with van der Waals surface area (Å²) in [5, 5.41) is 11.1. The van der Waals surface area contributed by atoms with Gasteiger partial charge in [0.2, 0.25) is 0 Å². The number of nitrogens with zero attached hydrogens (tertiary/aromatic N) is 2. The first-order chi connectivity index (χ1) is 8.00. The quantitative estimate of drug-likeness (QED) is 0.617. The van der Waals surface area contributed by atoms with Crippen LogP contribution in [-0.2, 0) is 0 Å². The normalized spacial score (nSPS) is 24.1. The number of rotatable bonds is 2. The summed E-state index contributed by atoms with van der Waals surface area (Å²) < 4.78 is 0.743. The third-order valence-corrected chi connectivity index (χ3v) is 3.86. The minimum Gasteiger partial charge on any atom is -0.361 e. The molecule has 4 nitrogen and oxygen atoms in total. The Hall–Kier alpha value is -1.10. The van der Waals surface area contributed by atoms with Gasteiger partial charge in [-0.2, -0.15) is 0 Å². The molecule has 0 amide bonds. The molecular formula is C12H15BrN2O2. The lowest BCUT2D eigenvalue weighted by atomic mass is 10.2. The Morgan fingerprint density at radius 2 is 1.94 bits per heavy atom. The third kappa shape index (κ3) is 2.29. The summed E-state index contributed by atoms with van der Waals surface area (Å²) in [7, 11) is 0. The maximum Gasteiger partial charge on any atom is 0.293 e. The summed E-state index contributed by atoms with van der Waals surface area (Å²) in [6, 6.07) is 6.00. The van der Waals surface area contributed by atoms with Crippen LogP contribution in [0.4, 0.5) is 11.4 Å². The van der Waals surface area contributed by atoms with E-state index in [0.717, 1.165) is 23.0 Å². The topological polar surface area (TPSA) is 46.4 Å². The van der Waals surface area contributed by atoms with Gasteiger partial charge in [0, 0.05) is 22.6 Å². The van der Waals surface area contributed by atoms with Crippen LogP contribution in [0.3, 0.4) is 0 Å². The Morgan fingerprint density at radius 3 is 2.47 bits per heavy atom. The van der Waals surface area contributed by atoms with Crippen molar-refractivity contribution in [1.82, 2.24) is 0 Å². The van der Waals surface area contributed by atoms with E-state index < -0.39 is 0 Å². The van der Waals surface area contributed by atoms with Crippen LogP contribution < -0.4 is 4.90 Å². The van der Waals surface area contributed by atoms with Crippen LogP contribution in [0, 0.1) is 10.1 Å². The van der Waals surface area contributed by atoms with E-state index in [0.29, 0.717) is 12.1 Å². The van der Waals surface area contributed by atoms with Gasteiger partial charge in [0.25, 0.3) is 5.69 Å². The number of nitro groups is 1. The van der Waals surface area contributed by atoms with Gasteiger partial charge in [-0.1, -0.05) is 15.9 Å². The lowest BCUT2D eigenvalue weighted by Gasteiger charge is -2.28. The molecular weight excluding hydrogens is 284 g/mol. The first kappa shape index (κ1) is 12.4. The maximum absolute atomic E-state index is 11.1. The van der Waals surface area contributed by atoms with Gasteiger partial charge < -0.3 is 4.90 Å². The van der Waals surface area contributed by atoms with E-state index in [1.807, 2.05) is 12.1 Å². The number of nitro benzene ring substituents is 1. The molecule has 0 aliphatic carbocycles. The Bertz CT molecular complexity index is 440. The monoisotopic (exact) mass is 298 g/mol. The second kappa shape index (κ2) is 4.64. The van der Waals surface area contributed by atoms with Crippen LogP contribution in [0.25, 0.3) is 0 Å². The molecule has 2 rings (SSSR count). The van der Waals surface area contributed by atoms with E-state index in [-0.39, 0.29) is 10.6 Å². The van der Waals surface area contributed by atoms with Crippen molar-refractivity contribution >= 4 is 27.3 Å². The van der Waals surface area contributed by atoms with Gasteiger partial charge in [-0.3, -0.25) is 10.1 Å². The predicted molar refractivity (Wildman–Crippen MR) is 71.4 cm³/mol. The standard InChI is InChI=1S/C12H15BrN2O2/c1-8-3-4-9(2)14(8)11-6-5-10(13)7-12(11)15(16)17/h5-9H,3-4H2,1-2H3/t8-,9-/m0/s1. The van der Waals surface area contributed by atoms with Crippen molar-refractivity contribution in [3.63, 3.8) is 0 Å². The van der Waals surface area contributed by atoms with Crippen LogP contribution in [0.5, 0.6) is 0 Å². The van der Waals surface area contributed by atoms with Crippen molar-refractivity contribution in [3.8, 4) is 0 Å². The van der Waals surface area contributed by atoms with Gasteiger partial charge in [-0.25, -0.2) is 0 Å². The van der Waals surface area contributed by atoms with Crippen molar-refractivity contribution in [2.75, 3.05) is 4.90 Å². The lowest BCUT2D eigenvalue weighted by molar-refractivity contribution is -0.384. The molecule has 0 radical (unpaired) electrons. The van der Waals surface area contributed by atoms with Gasteiger partial charge >= 0.3 is 0 Å². The van der Waals surface area contributed by atoms with Gasteiger partial charge in [0.15, 0.2) is 0 Å². The molecule has 0 saturated carbocycles. The average molecular weight is 299 g/mol. The fraction of sp³-hybridized carbons (Fsp3) is 0.500. The van der Waals surface area contributed by atoms with Crippen LogP contribution in [0.1, 0.15) is 26.7 Å². The molecule has 1 fully saturated rings. The van der Waals surface area contributed by atoms with E-state index in [1.165, 1.54) is 0 Å². The minimum atomic E-state index is -0.308. The molecule has 5 heteroatoms. The molecule has 0 unspecified atom stereocenters. The fourth-order valence-corrected chi connectivity index (χ4v) is 2.88. The second-order valence-electron chi connectivity index (χ2n) is 4.57. The molecule has 1 saturated heterocycles. The van der Waals surface area contributed by atoms with Crippen LogP contribution in [0.2, 0.25) is 0 Å². The highest BCUT2D eigenvalue weighted by Gasteiger charge is 2.31. The fourth-order valence-electron chi connectivity index (χ4n) is 2.53. The Morgan fingerprint density at radius 1 is 1.35 bits per heavy atom. The van der Waals surface area contributed by atoms with Crippen LogP contribution in [0.15, 0.2) is 22.7 Å². The third-order valence-electron chi connectivity index (χ3n) is 3.36. The number of benzene rings is 1. The highest BCUT2D eigenvalue weighted by molar-refractivity contribution is 9.10. The molecule has 1 heterocycles. The van der Waals surface area contributed by atoms with Crippen molar-refractivity contribution < 1.29 is 4.92 Å². The molecule has 1 aliphatic heterocycles. The number of anilines is 1. The summed E-state index contributed by atoms with van der Waals surface area (Å²) in [6.45, 7) is 4.24. The molecule has 0 aromatic heterocycles. The zero-order chi connectivity index (χ0) is 12.6. The minimum absolute atomic E-state index is 0.181. The maximum atomic E-state index is 11.1. The van der Waals surface area contributed by atoms with Crippen molar-refractivity contribution in [1.29, 1.82) is 0 Å². The van der Waals surface area contributed by atoms with E-state index in [2.05, 4.69) is 34.7 Å². The van der Waals surface area contributed by atoms with Gasteiger partial charge in [0.05, 0.1) is 4.92 Å². The predicted octanol–water partition coefficient (Wildman–Crippen LogP) is 3.73. The Labute approximate surface area is 109 Å². The molecule has 0 spiro atoms.